The van der Waals surface area contributed by atoms with Crippen molar-refractivity contribution in [2.45, 2.75) is 51.0 Å². The second-order valence-electron chi connectivity index (χ2n) is 6.12. The highest BCUT2D eigenvalue weighted by atomic mass is 16.6. The van der Waals surface area contributed by atoms with Crippen molar-refractivity contribution in [2.24, 2.45) is 0 Å². The van der Waals surface area contributed by atoms with Gasteiger partial charge in [-0.2, -0.15) is 0 Å². The molecular formula is C17H25NO4. The molecule has 1 aromatic carbocycles. The number of aliphatic hydroxyl groups excluding tert-OH is 2. The molecule has 0 radical (unpaired) electrons. The molecule has 1 aromatic rings. The van der Waals surface area contributed by atoms with E-state index >= 15 is 0 Å². The zero-order valence-electron chi connectivity index (χ0n) is 13.3. The molecule has 0 aliphatic carbocycles. The normalized spacial score (nSPS) is 15.5. The number of carbonyl (C=O) groups is 1. The van der Waals surface area contributed by atoms with E-state index in [1.54, 1.807) is 45.0 Å². The molecule has 3 N–H and O–H groups in total. The van der Waals surface area contributed by atoms with E-state index in [4.69, 9.17) is 4.74 Å². The number of aliphatic hydroxyl groups is 2. The summed E-state index contributed by atoms with van der Waals surface area (Å²) in [5.41, 5.74) is 0.0414. The van der Waals surface area contributed by atoms with Crippen LogP contribution in [0.25, 0.3) is 0 Å². The molecule has 0 aliphatic rings. The molecule has 0 saturated heterocycles. The molecule has 5 heteroatoms. The Balaban J connectivity index is 2.92. The quantitative estimate of drug-likeness (QED) is 0.706. The number of benzene rings is 1. The largest absolute Gasteiger partial charge is 0.444 e. The maximum atomic E-state index is 12.0. The van der Waals surface area contributed by atoms with Gasteiger partial charge in [0.05, 0.1) is 12.1 Å². The third-order valence-corrected chi connectivity index (χ3v) is 2.97. The van der Waals surface area contributed by atoms with Gasteiger partial charge in [0.15, 0.2) is 0 Å². The van der Waals surface area contributed by atoms with Gasteiger partial charge in [-0.05, 0) is 32.8 Å². The molecule has 22 heavy (non-hydrogen) atoms. The van der Waals surface area contributed by atoms with Crippen LogP contribution in [-0.4, -0.2) is 34.1 Å². The zero-order valence-corrected chi connectivity index (χ0v) is 13.3. The second-order valence-corrected chi connectivity index (χ2v) is 6.12. The van der Waals surface area contributed by atoms with Gasteiger partial charge in [-0.1, -0.05) is 36.4 Å². The van der Waals surface area contributed by atoms with Crippen molar-refractivity contribution in [3.63, 3.8) is 0 Å². The van der Waals surface area contributed by atoms with Gasteiger partial charge in [-0.3, -0.25) is 0 Å². The summed E-state index contributed by atoms with van der Waals surface area (Å²) in [5.74, 6) is 0. The second kappa shape index (κ2) is 7.96. The molecule has 1 amide bonds. The van der Waals surface area contributed by atoms with Crippen molar-refractivity contribution in [3.8, 4) is 0 Å². The molecule has 0 fully saturated rings. The standard InChI is InChI=1S/C17H25NO4/c1-5-9-13(19)15(20)14(12-10-7-6-8-11-12)18-16(21)22-17(2,3)4/h5-8,10-11,13-15,19-20H,1,9H2,2-4H3,(H,18,21)/t13-,14-,15+/m1/s1. The fourth-order valence-electron chi connectivity index (χ4n) is 1.99. The lowest BCUT2D eigenvalue weighted by Gasteiger charge is -2.29. The van der Waals surface area contributed by atoms with Crippen molar-refractivity contribution in [3.05, 3.63) is 48.6 Å². The fourth-order valence-corrected chi connectivity index (χ4v) is 1.99. The van der Waals surface area contributed by atoms with Crippen LogP contribution in [0.15, 0.2) is 43.0 Å². The summed E-state index contributed by atoms with van der Waals surface area (Å²) in [7, 11) is 0. The monoisotopic (exact) mass is 307 g/mol. The van der Waals surface area contributed by atoms with Crippen molar-refractivity contribution in [1.29, 1.82) is 0 Å². The van der Waals surface area contributed by atoms with Crippen LogP contribution in [0.4, 0.5) is 4.79 Å². The maximum absolute atomic E-state index is 12.0. The Morgan fingerprint density at radius 1 is 1.32 bits per heavy atom. The lowest BCUT2D eigenvalue weighted by atomic mass is 9.96. The highest BCUT2D eigenvalue weighted by Crippen LogP contribution is 2.21. The minimum atomic E-state index is -1.17. The Hall–Kier alpha value is -1.85. The van der Waals surface area contributed by atoms with E-state index in [2.05, 4.69) is 11.9 Å². The Kier molecular flexibility index (Phi) is 6.59. The van der Waals surface area contributed by atoms with Crippen LogP contribution in [0, 0.1) is 0 Å². The summed E-state index contributed by atoms with van der Waals surface area (Å²) in [6.07, 6.45) is -1.11. The maximum Gasteiger partial charge on any atom is 0.408 e. The summed E-state index contributed by atoms with van der Waals surface area (Å²) in [6.45, 7) is 8.81. The van der Waals surface area contributed by atoms with Crippen LogP contribution in [0.5, 0.6) is 0 Å². The van der Waals surface area contributed by atoms with Crippen LogP contribution in [0.3, 0.4) is 0 Å². The van der Waals surface area contributed by atoms with Crippen molar-refractivity contribution < 1.29 is 19.7 Å². The van der Waals surface area contributed by atoms with E-state index in [-0.39, 0.29) is 6.42 Å². The zero-order chi connectivity index (χ0) is 16.8. The molecule has 0 unspecified atom stereocenters. The van der Waals surface area contributed by atoms with Gasteiger partial charge in [-0.25, -0.2) is 4.79 Å². The minimum Gasteiger partial charge on any atom is -0.444 e. The Labute approximate surface area is 131 Å². The summed E-state index contributed by atoms with van der Waals surface area (Å²) >= 11 is 0. The molecule has 1 rings (SSSR count). The first-order chi connectivity index (χ1) is 10.2. The van der Waals surface area contributed by atoms with Crippen molar-refractivity contribution in [2.75, 3.05) is 0 Å². The average molecular weight is 307 g/mol. The number of rotatable bonds is 6. The highest BCUT2D eigenvalue weighted by molar-refractivity contribution is 5.68. The first kappa shape index (κ1) is 18.2. The Morgan fingerprint density at radius 2 is 1.91 bits per heavy atom. The highest BCUT2D eigenvalue weighted by Gasteiger charge is 2.30. The van der Waals surface area contributed by atoms with E-state index in [0.717, 1.165) is 0 Å². The molecule has 0 aliphatic heterocycles. The number of ether oxygens (including phenoxy) is 1. The molecule has 0 saturated carbocycles. The van der Waals surface area contributed by atoms with Crippen molar-refractivity contribution >= 4 is 6.09 Å². The number of amides is 1. The predicted octanol–water partition coefficient (Wildman–Crippen LogP) is 2.55. The number of carbonyl (C=O) groups excluding carboxylic acids is 1. The van der Waals surface area contributed by atoms with Crippen LogP contribution in [-0.2, 0) is 4.74 Å². The van der Waals surface area contributed by atoms with Gasteiger partial charge in [0.1, 0.15) is 11.7 Å². The van der Waals surface area contributed by atoms with Gasteiger partial charge in [-0.15, -0.1) is 6.58 Å². The number of nitrogens with one attached hydrogen (secondary N) is 1. The molecule has 122 valence electrons. The number of hydrogen-bond donors (Lipinski definition) is 3. The van der Waals surface area contributed by atoms with Crippen LogP contribution in [0.1, 0.15) is 38.8 Å². The molecule has 0 heterocycles. The van der Waals surface area contributed by atoms with E-state index in [1.165, 1.54) is 6.08 Å². The smallest absolute Gasteiger partial charge is 0.408 e. The summed E-state index contributed by atoms with van der Waals surface area (Å²) in [5, 5.41) is 22.9. The predicted molar refractivity (Wildman–Crippen MR) is 85.4 cm³/mol. The van der Waals surface area contributed by atoms with Gasteiger partial charge >= 0.3 is 6.09 Å². The summed E-state index contributed by atoms with van der Waals surface area (Å²) < 4.78 is 5.22. The van der Waals surface area contributed by atoms with Crippen LogP contribution in [0.2, 0.25) is 0 Å². The number of alkyl carbamates (subject to hydrolysis) is 1. The van der Waals surface area contributed by atoms with Crippen LogP contribution >= 0.6 is 0 Å². The lowest BCUT2D eigenvalue weighted by molar-refractivity contribution is -0.00810. The Bertz CT molecular complexity index is 481. The molecule has 3 atom stereocenters. The van der Waals surface area contributed by atoms with Gasteiger partial charge in [0.2, 0.25) is 0 Å². The molecule has 0 aromatic heterocycles. The first-order valence-electron chi connectivity index (χ1n) is 7.26. The van der Waals surface area contributed by atoms with Gasteiger partial charge < -0.3 is 20.3 Å². The van der Waals surface area contributed by atoms with Gasteiger partial charge in [0, 0.05) is 0 Å². The van der Waals surface area contributed by atoms with E-state index in [0.29, 0.717) is 5.56 Å². The number of hydrogen-bond acceptors (Lipinski definition) is 4. The third kappa shape index (κ3) is 5.87. The third-order valence-electron chi connectivity index (χ3n) is 2.97. The Morgan fingerprint density at radius 3 is 2.41 bits per heavy atom. The topological polar surface area (TPSA) is 78.8 Å². The SMILES string of the molecule is C=CC[C@@H](O)[C@H](O)[C@H](NC(=O)OC(C)(C)C)c1ccccc1. The molecule has 5 nitrogen and oxygen atoms in total. The fraction of sp³-hybridized carbons (Fsp3) is 0.471. The van der Waals surface area contributed by atoms with E-state index in [9.17, 15) is 15.0 Å². The summed E-state index contributed by atoms with van der Waals surface area (Å²) in [4.78, 5) is 12.0. The lowest BCUT2D eigenvalue weighted by Crippen LogP contribution is -2.44. The first-order valence-corrected chi connectivity index (χ1v) is 7.26. The molecule has 0 spiro atoms. The molecular weight excluding hydrogens is 282 g/mol. The summed E-state index contributed by atoms with van der Waals surface area (Å²) in [6, 6.07) is 8.20. The van der Waals surface area contributed by atoms with E-state index in [1.807, 2.05) is 6.07 Å². The molecule has 0 bridgehead atoms. The van der Waals surface area contributed by atoms with E-state index < -0.39 is 29.9 Å². The van der Waals surface area contributed by atoms with Crippen LogP contribution < -0.4 is 5.32 Å². The average Bonchev–Trinajstić information content (AvgIpc) is 2.43. The van der Waals surface area contributed by atoms with Crippen molar-refractivity contribution in [1.82, 2.24) is 5.32 Å². The minimum absolute atomic E-state index is 0.223. The van der Waals surface area contributed by atoms with Gasteiger partial charge in [0.25, 0.3) is 0 Å².